The highest BCUT2D eigenvalue weighted by Crippen LogP contribution is 1.84. The molecule has 0 amide bonds. The first kappa shape index (κ1) is 7.88. The van der Waals surface area contributed by atoms with Crippen LogP contribution in [0.5, 0.6) is 0 Å². The Morgan fingerprint density at radius 2 is 1.75 bits per heavy atom. The minimum absolute atomic E-state index is 0.417. The Morgan fingerprint density at radius 1 is 1.50 bits per heavy atom. The van der Waals surface area contributed by atoms with E-state index in [2.05, 4.69) is 4.74 Å². The van der Waals surface area contributed by atoms with Gasteiger partial charge < -0.3 is 14.9 Å². The number of aliphatic hydroxyl groups is 2. The topological polar surface area (TPSA) is 53.0 Å². The van der Waals surface area contributed by atoms with Crippen LogP contribution in [-0.2, 0) is 4.74 Å². The van der Waals surface area contributed by atoms with E-state index in [1.54, 1.807) is 6.92 Å². The second-order valence-corrected chi connectivity index (χ2v) is 1.50. The molecule has 1 saturated heterocycles. The van der Waals surface area contributed by atoms with Gasteiger partial charge in [-0.25, -0.2) is 0 Å². The van der Waals surface area contributed by atoms with E-state index in [9.17, 15) is 0 Å². The number of aliphatic hydroxyl groups excluding tert-OH is 1. The maximum atomic E-state index is 7.92. The molecular weight excluding hydrogens is 108 g/mol. The van der Waals surface area contributed by atoms with Gasteiger partial charge >= 0.3 is 0 Å². The van der Waals surface area contributed by atoms with Crippen molar-refractivity contribution < 1.29 is 14.9 Å². The van der Waals surface area contributed by atoms with Gasteiger partial charge in [-0.1, -0.05) is 6.92 Å². The van der Waals surface area contributed by atoms with Gasteiger partial charge in [0.1, 0.15) is 0 Å². The van der Waals surface area contributed by atoms with Gasteiger partial charge in [-0.15, -0.1) is 0 Å². The zero-order valence-corrected chi connectivity index (χ0v) is 5.00. The predicted molar refractivity (Wildman–Crippen MR) is 29.3 cm³/mol. The summed E-state index contributed by atoms with van der Waals surface area (Å²) in [7, 11) is 0. The lowest BCUT2D eigenvalue weighted by molar-refractivity contribution is -0.0413. The normalized spacial score (nSPS) is 15.0. The Morgan fingerprint density at radius 3 is 1.75 bits per heavy atom. The molecule has 0 spiro atoms. The van der Waals surface area contributed by atoms with Gasteiger partial charge in [-0.2, -0.15) is 0 Å². The first-order valence-electron chi connectivity index (χ1n) is 2.71. The minimum Gasteiger partial charge on any atom is -0.377 e. The molecular formula is C5H12O3. The molecule has 1 fully saturated rings. The Hall–Kier alpha value is -0.120. The molecule has 0 bridgehead atoms. The van der Waals surface area contributed by atoms with Crippen LogP contribution in [0.4, 0.5) is 0 Å². The summed E-state index contributed by atoms with van der Waals surface area (Å²) in [6, 6.07) is 0. The van der Waals surface area contributed by atoms with Crippen molar-refractivity contribution in [3.63, 3.8) is 0 Å². The summed E-state index contributed by atoms with van der Waals surface area (Å²) in [6.45, 7) is 3.70. The Bertz CT molecular complexity index is 40.2. The van der Waals surface area contributed by atoms with Crippen molar-refractivity contribution >= 4 is 0 Å². The van der Waals surface area contributed by atoms with Gasteiger partial charge in [0.2, 0.25) is 0 Å². The molecule has 0 aromatic rings. The standard InChI is InChI=1S/C3H8O2.C2H4O/c1-2-3(4)5;1-2-3-1/h3-5H,2H2,1H3;1-2H2. The molecule has 0 unspecified atom stereocenters. The highest BCUT2D eigenvalue weighted by molar-refractivity contribution is 4.36. The average molecular weight is 120 g/mol. The van der Waals surface area contributed by atoms with Gasteiger partial charge in [0.15, 0.2) is 6.29 Å². The van der Waals surface area contributed by atoms with Crippen LogP contribution >= 0.6 is 0 Å². The Balaban J connectivity index is 0.000000135. The van der Waals surface area contributed by atoms with Gasteiger partial charge in [0.05, 0.1) is 13.2 Å². The second kappa shape index (κ2) is 5.03. The fourth-order valence-corrected chi connectivity index (χ4v) is 0. The van der Waals surface area contributed by atoms with Gasteiger partial charge in [0.25, 0.3) is 0 Å². The molecule has 50 valence electrons. The largest absolute Gasteiger partial charge is 0.377 e. The van der Waals surface area contributed by atoms with Crippen LogP contribution < -0.4 is 0 Å². The van der Waals surface area contributed by atoms with Gasteiger partial charge in [0, 0.05) is 0 Å². The smallest absolute Gasteiger partial charge is 0.151 e. The first-order chi connectivity index (χ1) is 3.77. The van der Waals surface area contributed by atoms with Crippen molar-refractivity contribution in [3.05, 3.63) is 0 Å². The number of epoxide rings is 1. The zero-order chi connectivity index (χ0) is 6.41. The molecule has 2 N–H and O–H groups in total. The first-order valence-corrected chi connectivity index (χ1v) is 2.71. The van der Waals surface area contributed by atoms with Crippen molar-refractivity contribution in [1.29, 1.82) is 0 Å². The Labute approximate surface area is 48.9 Å². The molecule has 8 heavy (non-hydrogen) atoms. The van der Waals surface area contributed by atoms with Crippen molar-refractivity contribution in [2.45, 2.75) is 19.6 Å². The maximum absolute atomic E-state index is 7.92. The van der Waals surface area contributed by atoms with E-state index in [4.69, 9.17) is 10.2 Å². The third-order valence-corrected chi connectivity index (χ3v) is 0.569. The molecule has 3 heteroatoms. The molecule has 1 aliphatic rings. The molecule has 1 rings (SSSR count). The summed E-state index contributed by atoms with van der Waals surface area (Å²) < 4.78 is 4.50. The molecule has 0 aromatic carbocycles. The van der Waals surface area contributed by atoms with E-state index >= 15 is 0 Å². The molecule has 0 atom stereocenters. The van der Waals surface area contributed by atoms with Crippen LogP contribution in [-0.4, -0.2) is 29.7 Å². The highest BCUT2D eigenvalue weighted by Gasteiger charge is 1.94. The summed E-state index contributed by atoms with van der Waals surface area (Å²) in [5, 5.41) is 15.8. The molecule has 0 saturated carbocycles. The van der Waals surface area contributed by atoms with E-state index < -0.39 is 6.29 Å². The van der Waals surface area contributed by atoms with E-state index in [1.807, 2.05) is 0 Å². The Kier molecular flexibility index (Phi) is 4.95. The van der Waals surface area contributed by atoms with Crippen LogP contribution in [0.15, 0.2) is 0 Å². The van der Waals surface area contributed by atoms with Gasteiger partial charge in [-0.05, 0) is 6.42 Å². The number of ether oxygens (including phenoxy) is 1. The third kappa shape index (κ3) is 16.9. The van der Waals surface area contributed by atoms with Crippen LogP contribution in [0, 0.1) is 0 Å². The van der Waals surface area contributed by atoms with Gasteiger partial charge in [-0.3, -0.25) is 0 Å². The fourth-order valence-electron chi connectivity index (χ4n) is 0. The summed E-state index contributed by atoms with van der Waals surface area (Å²) >= 11 is 0. The van der Waals surface area contributed by atoms with Crippen molar-refractivity contribution in [3.8, 4) is 0 Å². The lowest BCUT2D eigenvalue weighted by Gasteiger charge is -1.90. The van der Waals surface area contributed by atoms with E-state index in [0.717, 1.165) is 13.2 Å². The third-order valence-electron chi connectivity index (χ3n) is 0.569. The van der Waals surface area contributed by atoms with Crippen LogP contribution in [0.3, 0.4) is 0 Å². The molecule has 3 nitrogen and oxygen atoms in total. The van der Waals surface area contributed by atoms with E-state index in [-0.39, 0.29) is 0 Å². The minimum atomic E-state index is -1.12. The molecule has 0 aliphatic carbocycles. The van der Waals surface area contributed by atoms with E-state index in [0.29, 0.717) is 6.42 Å². The predicted octanol–water partition coefficient (Wildman–Crippen LogP) is -0.276. The average Bonchev–Trinajstić information content (AvgIpc) is 2.48. The lowest BCUT2D eigenvalue weighted by Crippen LogP contribution is -1.99. The summed E-state index contributed by atoms with van der Waals surface area (Å²) in [4.78, 5) is 0. The SMILES string of the molecule is C1CO1.CCC(O)O. The monoisotopic (exact) mass is 120 g/mol. The molecule has 1 heterocycles. The van der Waals surface area contributed by atoms with E-state index in [1.165, 1.54) is 0 Å². The highest BCUT2D eigenvalue weighted by atomic mass is 16.6. The lowest BCUT2D eigenvalue weighted by atomic mass is 10.5. The maximum Gasteiger partial charge on any atom is 0.151 e. The number of hydrogen-bond acceptors (Lipinski definition) is 3. The molecule has 0 radical (unpaired) electrons. The van der Waals surface area contributed by atoms with Crippen LogP contribution in [0.25, 0.3) is 0 Å². The number of rotatable bonds is 1. The quantitative estimate of drug-likeness (QED) is 0.370. The van der Waals surface area contributed by atoms with Crippen LogP contribution in [0.2, 0.25) is 0 Å². The second-order valence-electron chi connectivity index (χ2n) is 1.50. The zero-order valence-electron chi connectivity index (χ0n) is 5.00. The van der Waals surface area contributed by atoms with Crippen molar-refractivity contribution in [2.24, 2.45) is 0 Å². The molecule has 1 aliphatic heterocycles. The van der Waals surface area contributed by atoms with Crippen molar-refractivity contribution in [1.82, 2.24) is 0 Å². The van der Waals surface area contributed by atoms with Crippen LogP contribution in [0.1, 0.15) is 13.3 Å². The summed E-state index contributed by atoms with van der Waals surface area (Å²) in [5.41, 5.74) is 0. The fraction of sp³-hybridized carbons (Fsp3) is 1.00. The van der Waals surface area contributed by atoms with Crippen molar-refractivity contribution in [2.75, 3.05) is 13.2 Å². The number of hydrogen-bond donors (Lipinski definition) is 2. The summed E-state index contributed by atoms with van der Waals surface area (Å²) in [6.07, 6.45) is -0.699. The summed E-state index contributed by atoms with van der Waals surface area (Å²) in [5.74, 6) is 0. The molecule has 0 aromatic heterocycles.